The van der Waals surface area contributed by atoms with Crippen LogP contribution in [0.4, 0.5) is 0 Å². The molecule has 0 radical (unpaired) electrons. The predicted octanol–water partition coefficient (Wildman–Crippen LogP) is 3.61. The van der Waals surface area contributed by atoms with Crippen LogP contribution in [0, 0.1) is 12.8 Å². The van der Waals surface area contributed by atoms with Crippen LogP contribution < -0.4 is 0 Å². The van der Waals surface area contributed by atoms with Crippen LogP contribution in [-0.2, 0) is 13.1 Å². The van der Waals surface area contributed by atoms with E-state index in [1.165, 1.54) is 24.0 Å². The number of hydrogen-bond donors (Lipinski definition) is 0. The molecule has 0 atom stereocenters. The van der Waals surface area contributed by atoms with Gasteiger partial charge in [-0.05, 0) is 53.2 Å². The average molecular weight is 386 g/mol. The van der Waals surface area contributed by atoms with E-state index in [0.29, 0.717) is 0 Å². The molecule has 124 valence electrons. The first kappa shape index (κ1) is 15.7. The van der Waals surface area contributed by atoms with Crippen LogP contribution in [-0.4, -0.2) is 31.0 Å². The van der Waals surface area contributed by atoms with E-state index in [1.54, 1.807) is 0 Å². The number of rotatable bonds is 6. The van der Waals surface area contributed by atoms with Crippen molar-refractivity contribution in [2.45, 2.75) is 32.9 Å². The standard InChI is InChI=1S/C18H20BrN5/c1-13-2-3-15(6-20-13)10-23(9-14-4-5-14)11-16-7-22-24-12-17(19)8-21-18(16)24/h2-3,6-8,12,14H,4-5,9-11H2,1H3. The Kier molecular flexibility index (Phi) is 4.33. The van der Waals surface area contributed by atoms with E-state index < -0.39 is 0 Å². The van der Waals surface area contributed by atoms with Gasteiger partial charge in [-0.3, -0.25) is 9.88 Å². The Morgan fingerprint density at radius 1 is 1.17 bits per heavy atom. The van der Waals surface area contributed by atoms with Crippen LogP contribution in [0.3, 0.4) is 0 Å². The molecule has 0 aromatic carbocycles. The van der Waals surface area contributed by atoms with Gasteiger partial charge in [0, 0.05) is 49.5 Å². The first-order valence-corrected chi connectivity index (χ1v) is 9.08. The Bertz CT molecular complexity index is 838. The molecule has 0 spiro atoms. The Labute approximate surface area is 149 Å². The molecule has 0 saturated heterocycles. The van der Waals surface area contributed by atoms with Gasteiger partial charge in [0.05, 0.1) is 10.7 Å². The van der Waals surface area contributed by atoms with Crippen LogP contribution in [0.1, 0.15) is 29.7 Å². The van der Waals surface area contributed by atoms with Gasteiger partial charge in [0.1, 0.15) is 0 Å². The molecule has 4 rings (SSSR count). The molecule has 0 N–H and O–H groups in total. The molecule has 3 aromatic heterocycles. The lowest BCUT2D eigenvalue weighted by Gasteiger charge is -2.21. The van der Waals surface area contributed by atoms with Crippen LogP contribution in [0.2, 0.25) is 0 Å². The number of nitrogens with zero attached hydrogens (tertiary/aromatic N) is 5. The SMILES string of the molecule is Cc1ccc(CN(Cc2cnn3cc(Br)cnc23)CC2CC2)cn1. The lowest BCUT2D eigenvalue weighted by molar-refractivity contribution is 0.246. The molecule has 6 heteroatoms. The Morgan fingerprint density at radius 3 is 2.79 bits per heavy atom. The molecule has 5 nitrogen and oxygen atoms in total. The fourth-order valence-electron chi connectivity index (χ4n) is 2.95. The van der Waals surface area contributed by atoms with Gasteiger partial charge in [0.15, 0.2) is 5.65 Å². The minimum absolute atomic E-state index is 0.840. The Morgan fingerprint density at radius 2 is 2.04 bits per heavy atom. The van der Waals surface area contributed by atoms with E-state index in [9.17, 15) is 0 Å². The normalized spacial score (nSPS) is 14.6. The molecule has 3 heterocycles. The number of aryl methyl sites for hydroxylation is 1. The summed E-state index contributed by atoms with van der Waals surface area (Å²) in [7, 11) is 0. The molecule has 1 saturated carbocycles. The maximum Gasteiger partial charge on any atom is 0.159 e. The summed E-state index contributed by atoms with van der Waals surface area (Å²) >= 11 is 3.44. The third-order valence-corrected chi connectivity index (χ3v) is 4.79. The first-order valence-electron chi connectivity index (χ1n) is 8.29. The van der Waals surface area contributed by atoms with Crippen molar-refractivity contribution < 1.29 is 0 Å². The van der Waals surface area contributed by atoms with Crippen molar-refractivity contribution in [3.05, 3.63) is 58.2 Å². The zero-order valence-electron chi connectivity index (χ0n) is 13.7. The second kappa shape index (κ2) is 6.61. The van der Waals surface area contributed by atoms with Crippen LogP contribution in [0.15, 0.2) is 41.4 Å². The van der Waals surface area contributed by atoms with Crippen molar-refractivity contribution in [3.8, 4) is 0 Å². The summed E-state index contributed by atoms with van der Waals surface area (Å²) in [5.41, 5.74) is 4.42. The summed E-state index contributed by atoms with van der Waals surface area (Å²) < 4.78 is 2.77. The molecular formula is C18H20BrN5. The van der Waals surface area contributed by atoms with Gasteiger partial charge in [-0.1, -0.05) is 6.07 Å². The molecule has 1 fully saturated rings. The van der Waals surface area contributed by atoms with Crippen molar-refractivity contribution in [2.24, 2.45) is 5.92 Å². The van der Waals surface area contributed by atoms with E-state index in [4.69, 9.17) is 0 Å². The molecule has 1 aliphatic rings. The maximum absolute atomic E-state index is 4.52. The van der Waals surface area contributed by atoms with Gasteiger partial charge in [0.25, 0.3) is 0 Å². The van der Waals surface area contributed by atoms with E-state index in [-0.39, 0.29) is 0 Å². The third-order valence-electron chi connectivity index (χ3n) is 4.38. The van der Waals surface area contributed by atoms with E-state index in [1.807, 2.05) is 36.2 Å². The highest BCUT2D eigenvalue weighted by Crippen LogP contribution is 2.31. The average Bonchev–Trinajstić information content (AvgIpc) is 3.30. The summed E-state index contributed by atoms with van der Waals surface area (Å²) in [6.07, 6.45) is 10.4. The summed E-state index contributed by atoms with van der Waals surface area (Å²) in [4.78, 5) is 11.4. The fraction of sp³-hybridized carbons (Fsp3) is 0.389. The highest BCUT2D eigenvalue weighted by molar-refractivity contribution is 9.10. The molecule has 0 unspecified atom stereocenters. The van der Waals surface area contributed by atoms with Gasteiger partial charge in [-0.2, -0.15) is 5.10 Å². The quantitative estimate of drug-likeness (QED) is 0.650. The molecule has 24 heavy (non-hydrogen) atoms. The van der Waals surface area contributed by atoms with Gasteiger partial charge >= 0.3 is 0 Å². The van der Waals surface area contributed by atoms with Gasteiger partial charge in [0.2, 0.25) is 0 Å². The summed E-state index contributed by atoms with van der Waals surface area (Å²) in [5, 5.41) is 4.43. The zero-order chi connectivity index (χ0) is 16.5. The Balaban J connectivity index is 1.55. The monoisotopic (exact) mass is 385 g/mol. The lowest BCUT2D eigenvalue weighted by Crippen LogP contribution is -2.25. The first-order chi connectivity index (χ1) is 11.7. The van der Waals surface area contributed by atoms with Crippen LogP contribution in [0.5, 0.6) is 0 Å². The van der Waals surface area contributed by atoms with Crippen molar-refractivity contribution in [1.82, 2.24) is 24.5 Å². The summed E-state index contributed by atoms with van der Waals surface area (Å²) in [6, 6.07) is 4.26. The van der Waals surface area contributed by atoms with Crippen molar-refractivity contribution in [1.29, 1.82) is 0 Å². The fourth-order valence-corrected chi connectivity index (χ4v) is 3.25. The zero-order valence-corrected chi connectivity index (χ0v) is 15.3. The highest BCUT2D eigenvalue weighted by Gasteiger charge is 2.25. The number of fused-ring (bicyclic) bond motifs is 1. The molecule has 3 aromatic rings. The third kappa shape index (κ3) is 3.65. The molecular weight excluding hydrogens is 366 g/mol. The predicted molar refractivity (Wildman–Crippen MR) is 96.5 cm³/mol. The molecule has 0 aliphatic heterocycles. The van der Waals surface area contributed by atoms with Gasteiger partial charge in [-0.15, -0.1) is 0 Å². The smallest absolute Gasteiger partial charge is 0.159 e. The topological polar surface area (TPSA) is 46.3 Å². The maximum atomic E-state index is 4.52. The van der Waals surface area contributed by atoms with Crippen molar-refractivity contribution >= 4 is 21.6 Å². The second-order valence-corrected chi connectivity index (χ2v) is 7.55. The largest absolute Gasteiger partial charge is 0.294 e. The summed E-state index contributed by atoms with van der Waals surface area (Å²) in [5.74, 6) is 0.840. The molecule has 1 aliphatic carbocycles. The minimum Gasteiger partial charge on any atom is -0.294 e. The minimum atomic E-state index is 0.840. The molecule has 0 amide bonds. The van der Waals surface area contributed by atoms with Gasteiger partial charge in [-0.25, -0.2) is 9.50 Å². The van der Waals surface area contributed by atoms with Crippen molar-refractivity contribution in [3.63, 3.8) is 0 Å². The van der Waals surface area contributed by atoms with Gasteiger partial charge < -0.3 is 0 Å². The number of hydrogen-bond acceptors (Lipinski definition) is 4. The van der Waals surface area contributed by atoms with Crippen LogP contribution in [0.25, 0.3) is 5.65 Å². The number of pyridine rings is 1. The van der Waals surface area contributed by atoms with E-state index in [2.05, 4.69) is 48.0 Å². The van der Waals surface area contributed by atoms with E-state index >= 15 is 0 Å². The summed E-state index contributed by atoms with van der Waals surface area (Å²) in [6.45, 7) is 4.93. The molecule has 0 bridgehead atoms. The number of halogens is 1. The second-order valence-electron chi connectivity index (χ2n) is 6.63. The lowest BCUT2D eigenvalue weighted by atomic mass is 10.2. The highest BCUT2D eigenvalue weighted by atomic mass is 79.9. The Hall–Kier alpha value is -1.79. The van der Waals surface area contributed by atoms with Crippen LogP contribution >= 0.6 is 15.9 Å². The van der Waals surface area contributed by atoms with Crippen molar-refractivity contribution in [2.75, 3.05) is 6.54 Å². The van der Waals surface area contributed by atoms with E-state index in [0.717, 1.165) is 41.4 Å². The number of aromatic nitrogens is 4.